The molecule has 1 aromatic rings. The first-order valence-electron chi connectivity index (χ1n) is 8.82. The molecule has 158 valence electrons. The fourth-order valence-electron chi connectivity index (χ4n) is 1.85. The summed E-state index contributed by atoms with van der Waals surface area (Å²) < 4.78 is 15.9. The third kappa shape index (κ3) is 8.16. The maximum Gasteiger partial charge on any atom is 0.424 e. The maximum absolute atomic E-state index is 12.7. The lowest BCUT2D eigenvalue weighted by Gasteiger charge is -2.28. The summed E-state index contributed by atoms with van der Waals surface area (Å²) in [4.78, 5) is 38.3. The summed E-state index contributed by atoms with van der Waals surface area (Å²) in [5, 5.41) is 4.45. The minimum absolute atomic E-state index is 0.138. The molecule has 0 saturated carbocycles. The van der Waals surface area contributed by atoms with E-state index in [1.54, 1.807) is 67.7 Å². The Morgan fingerprint density at radius 3 is 1.64 bits per heavy atom. The first kappa shape index (κ1) is 23.7. The van der Waals surface area contributed by atoms with Crippen LogP contribution in [0.15, 0.2) is 11.4 Å². The molecule has 0 saturated heterocycles. The van der Waals surface area contributed by atoms with Crippen molar-refractivity contribution >= 4 is 40.3 Å². The molecule has 0 aliphatic heterocycles. The van der Waals surface area contributed by atoms with Crippen LogP contribution < -0.4 is 10.2 Å². The lowest BCUT2D eigenvalue weighted by molar-refractivity contribution is 0.0429. The van der Waals surface area contributed by atoms with Gasteiger partial charge >= 0.3 is 18.3 Å². The molecule has 0 aromatic carbocycles. The summed E-state index contributed by atoms with van der Waals surface area (Å²) in [7, 11) is 0. The Kier molecular flexibility index (Phi) is 7.11. The molecule has 0 atom stereocenters. The summed E-state index contributed by atoms with van der Waals surface area (Å²) >= 11 is 1.13. The van der Waals surface area contributed by atoms with Crippen LogP contribution in [0.3, 0.4) is 0 Å². The third-order valence-corrected chi connectivity index (χ3v) is 3.47. The van der Waals surface area contributed by atoms with Gasteiger partial charge in [-0.25, -0.2) is 14.4 Å². The maximum atomic E-state index is 12.7. The molecule has 9 heteroatoms. The standard InChI is InChI=1S/C19H30N2O6S/c1-17(2,3)25-14(22)20-13-12(10-11-28-13)21(15(23)26-18(4,5)6)16(24)27-19(7,8)9/h10-11H,1-9H3,(H,20,22). The van der Waals surface area contributed by atoms with Gasteiger partial charge in [0.25, 0.3) is 0 Å². The molecular weight excluding hydrogens is 384 g/mol. The van der Waals surface area contributed by atoms with Gasteiger partial charge in [-0.1, -0.05) is 0 Å². The number of nitrogens with one attached hydrogen (secondary N) is 1. The molecule has 1 heterocycles. The number of nitrogens with zero attached hydrogens (tertiary/aromatic N) is 1. The second kappa shape index (κ2) is 8.38. The van der Waals surface area contributed by atoms with Crippen LogP contribution in [0.5, 0.6) is 0 Å². The highest BCUT2D eigenvalue weighted by molar-refractivity contribution is 7.15. The van der Waals surface area contributed by atoms with E-state index < -0.39 is 35.1 Å². The number of hydrogen-bond acceptors (Lipinski definition) is 7. The SMILES string of the molecule is CC(C)(C)OC(=O)Nc1sccc1N(C(=O)OC(C)(C)C)C(=O)OC(C)(C)C. The van der Waals surface area contributed by atoms with Gasteiger partial charge in [0.1, 0.15) is 21.8 Å². The van der Waals surface area contributed by atoms with Crippen LogP contribution in [0.1, 0.15) is 62.3 Å². The summed E-state index contributed by atoms with van der Waals surface area (Å²) in [6.45, 7) is 15.3. The summed E-state index contributed by atoms with van der Waals surface area (Å²) in [6.07, 6.45) is -2.52. The van der Waals surface area contributed by atoms with Gasteiger partial charge in [0.05, 0.1) is 5.69 Å². The molecule has 1 aromatic heterocycles. The van der Waals surface area contributed by atoms with Gasteiger partial charge in [0.15, 0.2) is 0 Å². The normalized spacial score (nSPS) is 12.2. The fourth-order valence-corrected chi connectivity index (χ4v) is 2.61. The van der Waals surface area contributed by atoms with Crippen LogP contribution in [-0.2, 0) is 14.2 Å². The van der Waals surface area contributed by atoms with Gasteiger partial charge in [-0.15, -0.1) is 11.3 Å². The van der Waals surface area contributed by atoms with Crippen molar-refractivity contribution in [1.29, 1.82) is 0 Å². The number of anilines is 2. The number of amides is 3. The van der Waals surface area contributed by atoms with Crippen molar-refractivity contribution in [1.82, 2.24) is 0 Å². The number of carbonyl (C=O) groups excluding carboxylic acids is 3. The Hall–Kier alpha value is -2.29. The number of carbonyl (C=O) groups is 3. The highest BCUT2D eigenvalue weighted by Gasteiger charge is 2.35. The highest BCUT2D eigenvalue weighted by Crippen LogP contribution is 2.34. The van der Waals surface area contributed by atoms with Crippen LogP contribution in [-0.4, -0.2) is 35.1 Å². The van der Waals surface area contributed by atoms with Gasteiger partial charge in [0.2, 0.25) is 0 Å². The van der Waals surface area contributed by atoms with Gasteiger partial charge in [0, 0.05) is 0 Å². The number of rotatable bonds is 2. The third-order valence-electron chi connectivity index (χ3n) is 2.65. The molecule has 0 fully saturated rings. The van der Waals surface area contributed by atoms with Crippen molar-refractivity contribution in [2.24, 2.45) is 0 Å². The van der Waals surface area contributed by atoms with Crippen LogP contribution in [0, 0.1) is 0 Å². The quantitative estimate of drug-likeness (QED) is 0.617. The number of imide groups is 1. The average Bonchev–Trinajstić information content (AvgIpc) is 2.79. The van der Waals surface area contributed by atoms with Gasteiger partial charge in [-0.3, -0.25) is 5.32 Å². The van der Waals surface area contributed by atoms with Crippen molar-refractivity contribution in [3.63, 3.8) is 0 Å². The van der Waals surface area contributed by atoms with E-state index in [2.05, 4.69) is 5.32 Å². The van der Waals surface area contributed by atoms with E-state index in [0.29, 0.717) is 0 Å². The minimum Gasteiger partial charge on any atom is -0.444 e. The van der Waals surface area contributed by atoms with E-state index >= 15 is 0 Å². The lowest BCUT2D eigenvalue weighted by atomic mass is 10.2. The molecule has 0 unspecified atom stereocenters. The first-order chi connectivity index (χ1) is 12.5. The Balaban J connectivity index is 3.21. The van der Waals surface area contributed by atoms with Gasteiger partial charge in [-0.05, 0) is 73.8 Å². The van der Waals surface area contributed by atoms with Crippen LogP contribution in [0.4, 0.5) is 25.1 Å². The molecule has 28 heavy (non-hydrogen) atoms. The van der Waals surface area contributed by atoms with E-state index in [4.69, 9.17) is 14.2 Å². The van der Waals surface area contributed by atoms with Crippen LogP contribution in [0.2, 0.25) is 0 Å². The van der Waals surface area contributed by atoms with Gasteiger partial charge < -0.3 is 14.2 Å². The molecular formula is C19H30N2O6S. The Labute approximate surface area is 170 Å². The number of thiophene rings is 1. The van der Waals surface area contributed by atoms with Crippen molar-refractivity contribution in [2.45, 2.75) is 79.1 Å². The zero-order chi connectivity index (χ0) is 21.9. The predicted molar refractivity (Wildman–Crippen MR) is 109 cm³/mol. The Morgan fingerprint density at radius 1 is 0.821 bits per heavy atom. The Morgan fingerprint density at radius 2 is 1.25 bits per heavy atom. The molecule has 1 rings (SSSR count). The predicted octanol–water partition coefficient (Wildman–Crippen LogP) is 5.77. The zero-order valence-corrected chi connectivity index (χ0v) is 18.8. The largest absolute Gasteiger partial charge is 0.444 e. The molecule has 1 N–H and O–H groups in total. The van der Waals surface area contributed by atoms with Crippen LogP contribution in [0.25, 0.3) is 0 Å². The topological polar surface area (TPSA) is 94.2 Å². The van der Waals surface area contributed by atoms with Crippen molar-refractivity contribution in [3.8, 4) is 0 Å². The van der Waals surface area contributed by atoms with E-state index in [9.17, 15) is 14.4 Å². The summed E-state index contributed by atoms with van der Waals surface area (Å²) in [5.74, 6) is 0. The van der Waals surface area contributed by atoms with Crippen molar-refractivity contribution in [3.05, 3.63) is 11.4 Å². The van der Waals surface area contributed by atoms with E-state index in [-0.39, 0.29) is 10.7 Å². The zero-order valence-electron chi connectivity index (χ0n) is 18.0. The number of hydrogen-bond donors (Lipinski definition) is 1. The second-order valence-corrected chi connectivity index (χ2v) is 9.97. The molecule has 0 aliphatic rings. The highest BCUT2D eigenvalue weighted by atomic mass is 32.1. The second-order valence-electron chi connectivity index (χ2n) is 9.06. The summed E-state index contributed by atoms with van der Waals surface area (Å²) in [5.41, 5.74) is -2.21. The van der Waals surface area contributed by atoms with Crippen molar-refractivity contribution < 1.29 is 28.6 Å². The fraction of sp³-hybridized carbons (Fsp3) is 0.632. The van der Waals surface area contributed by atoms with E-state index in [1.807, 2.05) is 0 Å². The molecule has 0 spiro atoms. The molecule has 0 bridgehead atoms. The van der Waals surface area contributed by atoms with Crippen LogP contribution >= 0.6 is 11.3 Å². The van der Waals surface area contributed by atoms with E-state index in [0.717, 1.165) is 16.2 Å². The first-order valence-corrected chi connectivity index (χ1v) is 9.70. The average molecular weight is 415 g/mol. The van der Waals surface area contributed by atoms with Gasteiger partial charge in [-0.2, -0.15) is 4.90 Å². The Bertz CT molecular complexity index is 694. The minimum atomic E-state index is -0.910. The lowest BCUT2D eigenvalue weighted by Crippen LogP contribution is -2.44. The van der Waals surface area contributed by atoms with E-state index in [1.165, 1.54) is 6.07 Å². The molecule has 0 aliphatic carbocycles. The number of ether oxygens (including phenoxy) is 3. The van der Waals surface area contributed by atoms with Crippen molar-refractivity contribution in [2.75, 3.05) is 10.2 Å². The molecule has 8 nitrogen and oxygen atoms in total. The monoisotopic (exact) mass is 414 g/mol. The molecule has 0 radical (unpaired) electrons. The summed E-state index contributed by atoms with van der Waals surface area (Å²) in [6, 6.07) is 1.52. The smallest absolute Gasteiger partial charge is 0.424 e. The molecule has 3 amide bonds.